The van der Waals surface area contributed by atoms with E-state index in [1.54, 1.807) is 21.9 Å². The molecule has 6 nitrogen and oxygen atoms in total. The van der Waals surface area contributed by atoms with Gasteiger partial charge in [0, 0.05) is 24.5 Å². The van der Waals surface area contributed by atoms with Crippen molar-refractivity contribution in [1.82, 2.24) is 19.7 Å². The van der Waals surface area contributed by atoms with E-state index in [2.05, 4.69) is 21.8 Å². The molecule has 0 fully saturated rings. The zero-order valence-corrected chi connectivity index (χ0v) is 15.3. The zero-order chi connectivity index (χ0) is 17.6. The molecule has 0 N–H and O–H groups in total. The first-order valence-corrected chi connectivity index (χ1v) is 9.44. The molecule has 0 spiro atoms. The third-order valence-electron chi connectivity index (χ3n) is 3.40. The van der Waals surface area contributed by atoms with Crippen LogP contribution in [0, 0.1) is 0 Å². The zero-order valence-electron chi connectivity index (χ0n) is 13.7. The van der Waals surface area contributed by atoms with E-state index in [-0.39, 0.29) is 11.7 Å². The lowest BCUT2D eigenvalue weighted by Crippen LogP contribution is -2.32. The molecule has 0 radical (unpaired) electrons. The quantitative estimate of drug-likeness (QED) is 0.471. The molecule has 2 aromatic heterocycles. The molecule has 3 rings (SSSR count). The Labute approximate surface area is 154 Å². The standard InChI is InChI=1S/C17H17N5OS2/c1-3-9-22(15(23)11-25-17-20-18-12-21(17)2)16-19-14(10-24-16)13-7-5-4-6-8-13/h3-8,10,12H,1,9,11H2,2H3. The first-order chi connectivity index (χ1) is 12.2. The number of thiazole rings is 1. The average Bonchev–Trinajstić information content (AvgIpc) is 3.27. The number of benzene rings is 1. The number of anilines is 1. The van der Waals surface area contributed by atoms with E-state index in [1.165, 1.54) is 23.1 Å². The van der Waals surface area contributed by atoms with Crippen molar-refractivity contribution in [3.8, 4) is 11.3 Å². The summed E-state index contributed by atoms with van der Waals surface area (Å²) >= 11 is 2.81. The van der Waals surface area contributed by atoms with Gasteiger partial charge in [-0.15, -0.1) is 28.1 Å². The third kappa shape index (κ3) is 4.15. The van der Waals surface area contributed by atoms with Crippen LogP contribution < -0.4 is 4.90 Å². The maximum atomic E-state index is 12.7. The molecule has 3 aromatic rings. The number of carbonyl (C=O) groups is 1. The van der Waals surface area contributed by atoms with Gasteiger partial charge in [-0.1, -0.05) is 48.2 Å². The summed E-state index contributed by atoms with van der Waals surface area (Å²) in [7, 11) is 1.85. The summed E-state index contributed by atoms with van der Waals surface area (Å²) in [6, 6.07) is 9.91. The first-order valence-electron chi connectivity index (χ1n) is 7.58. The largest absolute Gasteiger partial charge is 0.312 e. The summed E-state index contributed by atoms with van der Waals surface area (Å²) < 4.78 is 1.78. The lowest BCUT2D eigenvalue weighted by Gasteiger charge is -2.17. The molecule has 0 saturated carbocycles. The molecule has 1 amide bonds. The number of carbonyl (C=O) groups excluding carboxylic acids is 1. The van der Waals surface area contributed by atoms with Crippen molar-refractivity contribution in [2.24, 2.45) is 7.05 Å². The summed E-state index contributed by atoms with van der Waals surface area (Å²) in [4.78, 5) is 18.9. The lowest BCUT2D eigenvalue weighted by atomic mass is 10.2. The van der Waals surface area contributed by atoms with Crippen LogP contribution in [-0.4, -0.2) is 38.0 Å². The van der Waals surface area contributed by atoms with E-state index in [4.69, 9.17) is 0 Å². The molecule has 0 bridgehead atoms. The van der Waals surface area contributed by atoms with Gasteiger partial charge in [-0.2, -0.15) is 0 Å². The predicted octanol–water partition coefficient (Wildman–Crippen LogP) is 3.25. The number of aromatic nitrogens is 4. The Bertz CT molecular complexity index is 859. The number of rotatable bonds is 7. The SMILES string of the molecule is C=CCN(C(=O)CSc1nncn1C)c1nc(-c2ccccc2)cs1. The highest BCUT2D eigenvalue weighted by Crippen LogP contribution is 2.28. The fraction of sp³-hybridized carbons (Fsp3) is 0.176. The van der Waals surface area contributed by atoms with E-state index in [0.29, 0.717) is 16.8 Å². The molecule has 1 aromatic carbocycles. The van der Waals surface area contributed by atoms with Gasteiger partial charge in [0.05, 0.1) is 11.4 Å². The summed E-state index contributed by atoms with van der Waals surface area (Å²) in [6.45, 7) is 4.16. The first kappa shape index (κ1) is 17.4. The Hall–Kier alpha value is -2.45. The molecule has 128 valence electrons. The Balaban J connectivity index is 1.74. The second-order valence-corrected chi connectivity index (χ2v) is 6.97. The molecule has 0 saturated heterocycles. The van der Waals surface area contributed by atoms with Crippen molar-refractivity contribution in [1.29, 1.82) is 0 Å². The highest BCUT2D eigenvalue weighted by Gasteiger charge is 2.19. The number of thioether (sulfide) groups is 1. The average molecular weight is 371 g/mol. The summed E-state index contributed by atoms with van der Waals surface area (Å²) in [5.74, 6) is 0.225. The fourth-order valence-corrected chi connectivity index (χ4v) is 3.78. The van der Waals surface area contributed by atoms with Crippen molar-refractivity contribution in [2.45, 2.75) is 5.16 Å². The Morgan fingerprint density at radius 2 is 2.20 bits per heavy atom. The highest BCUT2D eigenvalue weighted by atomic mass is 32.2. The van der Waals surface area contributed by atoms with Crippen LogP contribution in [0.5, 0.6) is 0 Å². The van der Waals surface area contributed by atoms with Crippen LogP contribution in [0.3, 0.4) is 0 Å². The van der Waals surface area contributed by atoms with Crippen LogP contribution >= 0.6 is 23.1 Å². The highest BCUT2D eigenvalue weighted by molar-refractivity contribution is 7.99. The van der Waals surface area contributed by atoms with Crippen LogP contribution in [0.15, 0.2) is 59.9 Å². The van der Waals surface area contributed by atoms with Crippen molar-refractivity contribution in [2.75, 3.05) is 17.2 Å². The second kappa shape index (κ2) is 8.09. The number of nitrogens with zero attached hydrogens (tertiary/aromatic N) is 5. The molecule has 0 atom stereocenters. The molecule has 0 unspecified atom stereocenters. The molecule has 25 heavy (non-hydrogen) atoms. The second-order valence-electron chi connectivity index (χ2n) is 5.19. The van der Waals surface area contributed by atoms with Crippen LogP contribution in [0.1, 0.15) is 0 Å². The van der Waals surface area contributed by atoms with Crippen molar-refractivity contribution in [3.63, 3.8) is 0 Å². The van der Waals surface area contributed by atoms with Crippen LogP contribution in [-0.2, 0) is 11.8 Å². The maximum absolute atomic E-state index is 12.7. The van der Waals surface area contributed by atoms with Gasteiger partial charge < -0.3 is 4.57 Å². The number of hydrogen-bond acceptors (Lipinski definition) is 6. The van der Waals surface area contributed by atoms with E-state index < -0.39 is 0 Å². The van der Waals surface area contributed by atoms with E-state index in [0.717, 1.165) is 11.3 Å². The minimum Gasteiger partial charge on any atom is -0.312 e. The summed E-state index contributed by atoms with van der Waals surface area (Å²) in [5.41, 5.74) is 1.90. The van der Waals surface area contributed by atoms with E-state index >= 15 is 0 Å². The Morgan fingerprint density at radius 3 is 2.88 bits per heavy atom. The van der Waals surface area contributed by atoms with Crippen LogP contribution in [0.2, 0.25) is 0 Å². The number of amides is 1. The predicted molar refractivity (Wildman–Crippen MR) is 102 cm³/mol. The van der Waals surface area contributed by atoms with E-state index in [9.17, 15) is 4.79 Å². The Kier molecular flexibility index (Phi) is 5.62. The minimum atomic E-state index is -0.0399. The number of hydrogen-bond donors (Lipinski definition) is 0. The van der Waals surface area contributed by atoms with Crippen molar-refractivity contribution >= 4 is 34.1 Å². The fourth-order valence-electron chi connectivity index (χ4n) is 2.15. The van der Waals surface area contributed by atoms with Crippen molar-refractivity contribution < 1.29 is 4.79 Å². The third-order valence-corrected chi connectivity index (χ3v) is 5.28. The van der Waals surface area contributed by atoms with Gasteiger partial charge in [-0.05, 0) is 0 Å². The van der Waals surface area contributed by atoms with Gasteiger partial charge in [0.1, 0.15) is 6.33 Å². The van der Waals surface area contributed by atoms with Gasteiger partial charge in [0.2, 0.25) is 5.91 Å². The van der Waals surface area contributed by atoms with E-state index in [1.807, 2.05) is 42.8 Å². The maximum Gasteiger partial charge on any atom is 0.239 e. The molecule has 2 heterocycles. The lowest BCUT2D eigenvalue weighted by molar-refractivity contribution is -0.116. The van der Waals surface area contributed by atoms with Crippen molar-refractivity contribution in [3.05, 3.63) is 54.7 Å². The molecular weight excluding hydrogens is 354 g/mol. The van der Waals surface area contributed by atoms with Gasteiger partial charge in [-0.3, -0.25) is 9.69 Å². The minimum absolute atomic E-state index is 0.0399. The number of aryl methyl sites for hydroxylation is 1. The molecular formula is C17H17N5OS2. The van der Waals surface area contributed by atoms with Gasteiger partial charge in [-0.25, -0.2) is 4.98 Å². The molecule has 0 aliphatic carbocycles. The smallest absolute Gasteiger partial charge is 0.239 e. The molecule has 0 aliphatic heterocycles. The Morgan fingerprint density at radius 1 is 1.40 bits per heavy atom. The van der Waals surface area contributed by atoms with Gasteiger partial charge >= 0.3 is 0 Å². The molecule has 8 heteroatoms. The van der Waals surface area contributed by atoms with Crippen LogP contribution in [0.4, 0.5) is 5.13 Å². The monoisotopic (exact) mass is 371 g/mol. The molecule has 0 aliphatic rings. The summed E-state index contributed by atoms with van der Waals surface area (Å²) in [5, 5.41) is 11.1. The van der Waals surface area contributed by atoms with Gasteiger partial charge in [0.15, 0.2) is 10.3 Å². The van der Waals surface area contributed by atoms with Gasteiger partial charge in [0.25, 0.3) is 0 Å². The topological polar surface area (TPSA) is 63.9 Å². The van der Waals surface area contributed by atoms with Crippen LogP contribution in [0.25, 0.3) is 11.3 Å². The normalized spacial score (nSPS) is 10.6. The summed E-state index contributed by atoms with van der Waals surface area (Å²) in [6.07, 6.45) is 3.32.